The van der Waals surface area contributed by atoms with Gasteiger partial charge in [0.05, 0.1) is 17.7 Å². The normalized spacial score (nSPS) is 11.6. The smallest absolute Gasteiger partial charge is 0.261 e. The molecule has 0 saturated heterocycles. The van der Waals surface area contributed by atoms with Gasteiger partial charge < -0.3 is 9.84 Å². The second kappa shape index (κ2) is 8.36. The molecule has 0 radical (unpaired) electrons. The van der Waals surface area contributed by atoms with Gasteiger partial charge in [0.2, 0.25) is 0 Å². The Bertz CT molecular complexity index is 1170. The summed E-state index contributed by atoms with van der Waals surface area (Å²) in [4.78, 5) is 4.48. The quantitative estimate of drug-likeness (QED) is 0.583. The van der Waals surface area contributed by atoms with Gasteiger partial charge in [0.25, 0.3) is 10.0 Å². The summed E-state index contributed by atoms with van der Waals surface area (Å²) in [5.41, 5.74) is 3.21. The molecule has 3 rings (SSSR count). The maximum atomic E-state index is 12.8. The molecule has 150 valence electrons. The van der Waals surface area contributed by atoms with E-state index in [2.05, 4.69) is 9.71 Å². The van der Waals surface area contributed by atoms with Crippen LogP contribution in [0.2, 0.25) is 0 Å². The van der Waals surface area contributed by atoms with Crippen LogP contribution in [0.1, 0.15) is 16.7 Å². The third kappa shape index (κ3) is 4.94. The zero-order chi connectivity index (χ0) is 21.0. The number of nitrogens with zero attached hydrogens (tertiary/aromatic N) is 1. The number of phenols is 1. The summed E-state index contributed by atoms with van der Waals surface area (Å²) in [5.74, 6) is 0.636. The second-order valence-electron chi connectivity index (χ2n) is 6.61. The molecule has 3 aromatic carbocycles. The minimum absolute atomic E-state index is 0.0529. The van der Waals surface area contributed by atoms with Gasteiger partial charge in [0, 0.05) is 17.5 Å². The van der Waals surface area contributed by atoms with Crippen LogP contribution >= 0.6 is 0 Å². The number of rotatable bonds is 6. The standard InChI is InChI=1S/C22H22N2O4S/c1-15-5-4-6-18(11-15)24-29(26,27)20-9-7-16(2)21(13-20)23-14-17-12-19(28-3)8-10-22(17)25/h4-14,24-25H,1-3H3. The number of hydrogen-bond donors (Lipinski definition) is 2. The molecule has 0 aliphatic carbocycles. The minimum Gasteiger partial charge on any atom is -0.507 e. The highest BCUT2D eigenvalue weighted by Gasteiger charge is 2.15. The lowest BCUT2D eigenvalue weighted by Crippen LogP contribution is -2.13. The van der Waals surface area contributed by atoms with E-state index in [0.717, 1.165) is 11.1 Å². The second-order valence-corrected chi connectivity index (χ2v) is 8.29. The largest absolute Gasteiger partial charge is 0.507 e. The number of aliphatic imine (C=N–C) groups is 1. The van der Waals surface area contributed by atoms with Crippen LogP contribution in [-0.4, -0.2) is 26.8 Å². The number of nitrogens with one attached hydrogen (secondary N) is 1. The van der Waals surface area contributed by atoms with E-state index in [1.54, 1.807) is 36.4 Å². The highest BCUT2D eigenvalue weighted by Crippen LogP contribution is 2.26. The summed E-state index contributed by atoms with van der Waals surface area (Å²) in [6.45, 7) is 3.73. The predicted molar refractivity (Wildman–Crippen MR) is 115 cm³/mol. The Morgan fingerprint density at radius 2 is 1.83 bits per heavy atom. The van der Waals surface area contributed by atoms with Gasteiger partial charge in [-0.15, -0.1) is 0 Å². The van der Waals surface area contributed by atoms with Crippen molar-refractivity contribution in [3.05, 3.63) is 77.4 Å². The van der Waals surface area contributed by atoms with Crippen molar-refractivity contribution >= 4 is 27.6 Å². The first-order chi connectivity index (χ1) is 13.8. The third-order valence-electron chi connectivity index (χ3n) is 4.34. The predicted octanol–water partition coefficient (Wildman–Crippen LogP) is 4.57. The summed E-state index contributed by atoms with van der Waals surface area (Å²) >= 11 is 0. The Labute approximate surface area is 170 Å². The van der Waals surface area contributed by atoms with Gasteiger partial charge >= 0.3 is 0 Å². The van der Waals surface area contributed by atoms with Gasteiger partial charge in [0.15, 0.2) is 0 Å². The first-order valence-corrected chi connectivity index (χ1v) is 10.4. The zero-order valence-electron chi connectivity index (χ0n) is 16.4. The zero-order valence-corrected chi connectivity index (χ0v) is 17.2. The van der Waals surface area contributed by atoms with Crippen molar-refractivity contribution in [2.45, 2.75) is 18.7 Å². The molecule has 0 spiro atoms. The number of hydrogen-bond acceptors (Lipinski definition) is 5. The molecule has 2 N–H and O–H groups in total. The molecule has 0 bridgehead atoms. The van der Waals surface area contributed by atoms with E-state index in [4.69, 9.17) is 4.74 Å². The van der Waals surface area contributed by atoms with Gasteiger partial charge in [-0.05, 0) is 67.4 Å². The van der Waals surface area contributed by atoms with Crippen LogP contribution in [0.15, 0.2) is 70.6 Å². The fourth-order valence-electron chi connectivity index (χ4n) is 2.72. The van der Waals surface area contributed by atoms with Crippen LogP contribution < -0.4 is 9.46 Å². The van der Waals surface area contributed by atoms with Gasteiger partial charge in [0.1, 0.15) is 11.5 Å². The minimum atomic E-state index is -3.76. The van der Waals surface area contributed by atoms with E-state index in [1.165, 1.54) is 31.5 Å². The Balaban J connectivity index is 1.92. The van der Waals surface area contributed by atoms with Gasteiger partial charge in [-0.25, -0.2) is 8.42 Å². The number of ether oxygens (including phenoxy) is 1. The van der Waals surface area contributed by atoms with E-state index in [0.29, 0.717) is 22.7 Å². The van der Waals surface area contributed by atoms with Crippen molar-refractivity contribution in [3.63, 3.8) is 0 Å². The van der Waals surface area contributed by atoms with Crippen molar-refractivity contribution in [3.8, 4) is 11.5 Å². The molecule has 7 heteroatoms. The van der Waals surface area contributed by atoms with Crippen molar-refractivity contribution < 1.29 is 18.3 Å². The molecule has 0 saturated carbocycles. The number of methoxy groups -OCH3 is 1. The first kappa shape index (κ1) is 20.4. The lowest BCUT2D eigenvalue weighted by molar-refractivity contribution is 0.412. The van der Waals surface area contributed by atoms with Gasteiger partial charge in [-0.1, -0.05) is 18.2 Å². The van der Waals surface area contributed by atoms with Crippen LogP contribution in [0.25, 0.3) is 0 Å². The van der Waals surface area contributed by atoms with E-state index in [-0.39, 0.29) is 10.6 Å². The number of sulfonamides is 1. The number of aromatic hydroxyl groups is 1. The number of aryl methyl sites for hydroxylation is 2. The average molecular weight is 410 g/mol. The highest BCUT2D eigenvalue weighted by atomic mass is 32.2. The number of benzene rings is 3. The van der Waals surface area contributed by atoms with Crippen LogP contribution in [0, 0.1) is 13.8 Å². The molecular formula is C22H22N2O4S. The molecule has 0 aromatic heterocycles. The molecule has 0 atom stereocenters. The molecule has 6 nitrogen and oxygen atoms in total. The van der Waals surface area contributed by atoms with Crippen molar-refractivity contribution in [1.29, 1.82) is 0 Å². The third-order valence-corrected chi connectivity index (χ3v) is 5.72. The Hall–Kier alpha value is -3.32. The topological polar surface area (TPSA) is 88.0 Å². The Kier molecular flexibility index (Phi) is 5.89. The molecule has 0 unspecified atom stereocenters. The summed E-state index contributed by atoms with van der Waals surface area (Å²) in [6, 6.07) is 16.7. The van der Waals surface area contributed by atoms with Gasteiger partial charge in [-0.2, -0.15) is 0 Å². The molecule has 29 heavy (non-hydrogen) atoms. The van der Waals surface area contributed by atoms with Crippen LogP contribution in [0.3, 0.4) is 0 Å². The fraction of sp³-hybridized carbons (Fsp3) is 0.136. The maximum Gasteiger partial charge on any atom is 0.261 e. The molecular weight excluding hydrogens is 388 g/mol. The Morgan fingerprint density at radius 3 is 2.55 bits per heavy atom. The molecule has 0 heterocycles. The average Bonchev–Trinajstić information content (AvgIpc) is 2.68. The number of anilines is 1. The lowest BCUT2D eigenvalue weighted by atomic mass is 10.2. The van der Waals surface area contributed by atoms with Crippen molar-refractivity contribution in [1.82, 2.24) is 0 Å². The van der Waals surface area contributed by atoms with Crippen LogP contribution in [0.4, 0.5) is 11.4 Å². The summed E-state index contributed by atoms with van der Waals surface area (Å²) in [6.07, 6.45) is 1.48. The molecule has 0 aliphatic heterocycles. The Morgan fingerprint density at radius 1 is 1.03 bits per heavy atom. The van der Waals surface area contributed by atoms with E-state index in [1.807, 2.05) is 19.9 Å². The van der Waals surface area contributed by atoms with Crippen molar-refractivity contribution in [2.75, 3.05) is 11.8 Å². The van der Waals surface area contributed by atoms with Crippen molar-refractivity contribution in [2.24, 2.45) is 4.99 Å². The molecule has 0 aliphatic rings. The summed E-state index contributed by atoms with van der Waals surface area (Å²) < 4.78 is 33.3. The SMILES string of the molecule is COc1ccc(O)c(C=Nc2cc(S(=O)(=O)Nc3cccc(C)c3)ccc2C)c1. The number of phenolic OH excluding ortho intramolecular Hbond substituents is 1. The monoisotopic (exact) mass is 410 g/mol. The van der Waals surface area contributed by atoms with Crippen LogP contribution in [0.5, 0.6) is 11.5 Å². The maximum absolute atomic E-state index is 12.8. The fourth-order valence-corrected chi connectivity index (χ4v) is 3.79. The lowest BCUT2D eigenvalue weighted by Gasteiger charge is -2.10. The summed E-state index contributed by atoms with van der Waals surface area (Å²) in [5, 5.41) is 10.00. The van der Waals surface area contributed by atoms with E-state index >= 15 is 0 Å². The van der Waals surface area contributed by atoms with Gasteiger partial charge in [-0.3, -0.25) is 9.71 Å². The molecule has 0 fully saturated rings. The molecule has 3 aromatic rings. The summed E-state index contributed by atoms with van der Waals surface area (Å²) in [7, 11) is -2.23. The molecule has 0 amide bonds. The van der Waals surface area contributed by atoms with Crippen LogP contribution in [-0.2, 0) is 10.0 Å². The first-order valence-electron chi connectivity index (χ1n) is 8.90. The highest BCUT2D eigenvalue weighted by molar-refractivity contribution is 7.92. The van der Waals surface area contributed by atoms with E-state index in [9.17, 15) is 13.5 Å². The van der Waals surface area contributed by atoms with E-state index < -0.39 is 10.0 Å².